The van der Waals surface area contributed by atoms with Crippen molar-refractivity contribution in [3.63, 3.8) is 0 Å². The van der Waals surface area contributed by atoms with Gasteiger partial charge in [-0.05, 0) is 24.1 Å². The van der Waals surface area contributed by atoms with Crippen LogP contribution in [0.4, 0.5) is 0 Å². The second-order valence-electron chi connectivity index (χ2n) is 3.41. The van der Waals surface area contributed by atoms with E-state index in [1.54, 1.807) is 19.2 Å². The summed E-state index contributed by atoms with van der Waals surface area (Å²) < 4.78 is 10.2. The number of ether oxygens (including phenoxy) is 2. The molecule has 0 aromatic heterocycles. The van der Waals surface area contributed by atoms with Crippen LogP contribution in [0.3, 0.4) is 0 Å². The number of cyclic esters (lactones) is 1. The van der Waals surface area contributed by atoms with E-state index >= 15 is 0 Å². The average Bonchev–Trinajstić information content (AvgIpc) is 2.65. The highest BCUT2D eigenvalue weighted by Gasteiger charge is 2.25. The smallest absolute Gasteiger partial charge is 0.306 e. The highest BCUT2D eigenvalue weighted by molar-refractivity contribution is 6.32. The minimum atomic E-state index is -0.152. The maximum absolute atomic E-state index is 11.0. The van der Waals surface area contributed by atoms with Crippen molar-refractivity contribution in [2.24, 2.45) is 0 Å². The fourth-order valence-electron chi connectivity index (χ4n) is 1.64. The molecule has 0 bridgehead atoms. The predicted molar refractivity (Wildman–Crippen MR) is 56.1 cm³/mol. The summed E-state index contributed by atoms with van der Waals surface area (Å²) in [6.45, 7) is 0. The lowest BCUT2D eigenvalue weighted by Gasteiger charge is -2.11. The molecule has 0 N–H and O–H groups in total. The Morgan fingerprint density at radius 1 is 1.53 bits per heavy atom. The Kier molecular flexibility index (Phi) is 2.82. The van der Waals surface area contributed by atoms with Crippen molar-refractivity contribution < 1.29 is 14.3 Å². The van der Waals surface area contributed by atoms with Crippen molar-refractivity contribution >= 4 is 17.6 Å². The molecule has 15 heavy (non-hydrogen) atoms. The van der Waals surface area contributed by atoms with Gasteiger partial charge >= 0.3 is 5.97 Å². The molecule has 80 valence electrons. The van der Waals surface area contributed by atoms with Crippen LogP contribution in [-0.4, -0.2) is 13.1 Å². The van der Waals surface area contributed by atoms with Crippen molar-refractivity contribution in [2.75, 3.05) is 7.11 Å². The lowest BCUT2D eigenvalue weighted by Crippen LogP contribution is -1.98. The van der Waals surface area contributed by atoms with E-state index in [0.717, 1.165) is 12.0 Å². The number of methoxy groups -OCH3 is 1. The molecule has 2 rings (SSSR count). The number of rotatable bonds is 2. The monoisotopic (exact) mass is 226 g/mol. The largest absolute Gasteiger partial charge is 0.495 e. The van der Waals surface area contributed by atoms with E-state index in [1.165, 1.54) is 0 Å². The summed E-state index contributed by atoms with van der Waals surface area (Å²) in [4.78, 5) is 11.0. The lowest BCUT2D eigenvalue weighted by atomic mass is 10.1. The summed E-state index contributed by atoms with van der Waals surface area (Å²) in [5.41, 5.74) is 0.923. The first-order chi connectivity index (χ1) is 7.20. The number of halogens is 1. The van der Waals surface area contributed by atoms with E-state index in [-0.39, 0.29) is 12.1 Å². The molecule has 1 aliphatic heterocycles. The molecule has 1 aromatic rings. The molecule has 1 heterocycles. The summed E-state index contributed by atoms with van der Waals surface area (Å²) in [5, 5.41) is 0.540. The van der Waals surface area contributed by atoms with Crippen molar-refractivity contribution in [3.8, 4) is 5.75 Å². The van der Waals surface area contributed by atoms with Gasteiger partial charge in [-0.25, -0.2) is 0 Å². The van der Waals surface area contributed by atoms with Crippen LogP contribution < -0.4 is 4.74 Å². The SMILES string of the molecule is COc1ccc(C2CCC(=O)O2)cc1Cl. The van der Waals surface area contributed by atoms with Gasteiger partial charge in [-0.1, -0.05) is 17.7 Å². The quantitative estimate of drug-likeness (QED) is 0.728. The number of hydrogen-bond acceptors (Lipinski definition) is 3. The normalized spacial score (nSPS) is 20.1. The highest BCUT2D eigenvalue weighted by atomic mass is 35.5. The molecule has 0 radical (unpaired) electrons. The second-order valence-corrected chi connectivity index (χ2v) is 3.82. The summed E-state index contributed by atoms with van der Waals surface area (Å²) in [7, 11) is 1.57. The Labute approximate surface area is 92.9 Å². The Hall–Kier alpha value is -1.22. The van der Waals surface area contributed by atoms with Crippen molar-refractivity contribution in [2.45, 2.75) is 18.9 Å². The Bertz CT molecular complexity index is 389. The van der Waals surface area contributed by atoms with E-state index in [0.29, 0.717) is 17.2 Å². The molecular formula is C11H11ClO3. The first kappa shape index (κ1) is 10.3. The number of esters is 1. The molecule has 1 atom stereocenters. The Morgan fingerprint density at radius 3 is 2.87 bits per heavy atom. The molecule has 3 nitrogen and oxygen atoms in total. The van der Waals surface area contributed by atoms with Gasteiger partial charge in [0, 0.05) is 6.42 Å². The highest BCUT2D eigenvalue weighted by Crippen LogP contribution is 2.33. The van der Waals surface area contributed by atoms with Crippen LogP contribution in [0.25, 0.3) is 0 Å². The first-order valence-corrected chi connectivity index (χ1v) is 5.11. The van der Waals surface area contributed by atoms with E-state index in [1.807, 2.05) is 6.07 Å². The average molecular weight is 227 g/mol. The van der Waals surface area contributed by atoms with Gasteiger partial charge in [0.05, 0.1) is 12.1 Å². The summed E-state index contributed by atoms with van der Waals surface area (Å²) in [6, 6.07) is 5.43. The molecular weight excluding hydrogens is 216 g/mol. The zero-order valence-corrected chi connectivity index (χ0v) is 9.08. The third-order valence-electron chi connectivity index (χ3n) is 2.43. The van der Waals surface area contributed by atoms with Gasteiger partial charge in [-0.3, -0.25) is 4.79 Å². The molecule has 1 saturated heterocycles. The van der Waals surface area contributed by atoms with Crippen LogP contribution in [0.2, 0.25) is 5.02 Å². The molecule has 0 amide bonds. The zero-order chi connectivity index (χ0) is 10.8. The van der Waals surface area contributed by atoms with Crippen LogP contribution in [0.15, 0.2) is 18.2 Å². The van der Waals surface area contributed by atoms with Crippen LogP contribution in [-0.2, 0) is 9.53 Å². The third-order valence-corrected chi connectivity index (χ3v) is 2.73. The van der Waals surface area contributed by atoms with E-state index in [2.05, 4.69) is 0 Å². The van der Waals surface area contributed by atoms with E-state index in [4.69, 9.17) is 21.1 Å². The van der Waals surface area contributed by atoms with Crippen LogP contribution in [0, 0.1) is 0 Å². The van der Waals surface area contributed by atoms with Crippen LogP contribution >= 0.6 is 11.6 Å². The van der Waals surface area contributed by atoms with Gasteiger partial charge in [0.1, 0.15) is 11.9 Å². The van der Waals surface area contributed by atoms with Gasteiger partial charge in [0.15, 0.2) is 0 Å². The molecule has 1 aliphatic rings. The van der Waals surface area contributed by atoms with Crippen molar-refractivity contribution in [3.05, 3.63) is 28.8 Å². The van der Waals surface area contributed by atoms with E-state index in [9.17, 15) is 4.79 Å². The van der Waals surface area contributed by atoms with Gasteiger partial charge in [0.25, 0.3) is 0 Å². The maximum Gasteiger partial charge on any atom is 0.306 e. The summed E-state index contributed by atoms with van der Waals surface area (Å²) >= 11 is 5.98. The van der Waals surface area contributed by atoms with Gasteiger partial charge in [-0.15, -0.1) is 0 Å². The van der Waals surface area contributed by atoms with E-state index < -0.39 is 0 Å². The Morgan fingerprint density at radius 2 is 2.33 bits per heavy atom. The summed E-state index contributed by atoms with van der Waals surface area (Å²) in [6.07, 6.45) is 1.05. The lowest BCUT2D eigenvalue weighted by molar-refractivity contribution is -0.141. The topological polar surface area (TPSA) is 35.5 Å². The number of benzene rings is 1. The van der Waals surface area contributed by atoms with Crippen LogP contribution in [0.5, 0.6) is 5.75 Å². The van der Waals surface area contributed by atoms with Gasteiger partial charge in [0.2, 0.25) is 0 Å². The maximum atomic E-state index is 11.0. The molecule has 1 aromatic carbocycles. The predicted octanol–water partition coefficient (Wildman–Crippen LogP) is 2.73. The second kappa shape index (κ2) is 4.11. The summed E-state index contributed by atoms with van der Waals surface area (Å²) in [5.74, 6) is 0.483. The molecule has 4 heteroatoms. The molecule has 1 unspecified atom stereocenters. The standard InChI is InChI=1S/C11H11ClO3/c1-14-10-3-2-7(6-8(10)12)9-4-5-11(13)15-9/h2-3,6,9H,4-5H2,1H3. The van der Waals surface area contributed by atoms with Crippen LogP contribution in [0.1, 0.15) is 24.5 Å². The fourth-order valence-corrected chi connectivity index (χ4v) is 1.91. The Balaban J connectivity index is 2.22. The number of carbonyl (C=O) groups excluding carboxylic acids is 1. The van der Waals surface area contributed by atoms with Crippen molar-refractivity contribution in [1.29, 1.82) is 0 Å². The number of carbonyl (C=O) groups is 1. The molecule has 0 saturated carbocycles. The minimum Gasteiger partial charge on any atom is -0.495 e. The van der Waals surface area contributed by atoms with Gasteiger partial charge in [-0.2, -0.15) is 0 Å². The molecule has 0 spiro atoms. The zero-order valence-electron chi connectivity index (χ0n) is 8.33. The minimum absolute atomic E-state index is 0.146. The molecule has 0 aliphatic carbocycles. The third kappa shape index (κ3) is 2.07. The number of hydrogen-bond donors (Lipinski definition) is 0. The first-order valence-electron chi connectivity index (χ1n) is 4.73. The van der Waals surface area contributed by atoms with Gasteiger partial charge < -0.3 is 9.47 Å². The molecule has 1 fully saturated rings. The fraction of sp³-hybridized carbons (Fsp3) is 0.364. The van der Waals surface area contributed by atoms with Crippen molar-refractivity contribution in [1.82, 2.24) is 0 Å².